The molecule has 2 fully saturated rings. The van der Waals surface area contributed by atoms with Crippen molar-refractivity contribution in [2.24, 2.45) is 11.7 Å². The molecule has 0 radical (unpaired) electrons. The summed E-state index contributed by atoms with van der Waals surface area (Å²) in [6.45, 7) is 2.08. The van der Waals surface area contributed by atoms with Gasteiger partial charge in [0.2, 0.25) is 11.8 Å². The van der Waals surface area contributed by atoms with Crippen molar-refractivity contribution in [1.29, 1.82) is 0 Å². The van der Waals surface area contributed by atoms with Gasteiger partial charge in [0, 0.05) is 19.2 Å². The van der Waals surface area contributed by atoms with E-state index in [-0.39, 0.29) is 24.9 Å². The van der Waals surface area contributed by atoms with E-state index in [4.69, 9.17) is 5.73 Å². The number of nitrogens with one attached hydrogen (secondary N) is 1. The molecule has 8 heteroatoms. The fraction of sp³-hybridized carbons (Fsp3) is 0.500. The molecule has 1 aromatic carbocycles. The van der Waals surface area contributed by atoms with Gasteiger partial charge in [0.1, 0.15) is 12.1 Å². The minimum Gasteiger partial charge on any atom is -0.366 e. The van der Waals surface area contributed by atoms with E-state index in [9.17, 15) is 19.2 Å². The molecule has 8 nitrogen and oxygen atoms in total. The number of hydrogen-bond donors (Lipinski definition) is 2. The third-order valence-corrected chi connectivity index (χ3v) is 5.72. The molecular weight excluding hydrogens is 360 g/mol. The second-order valence-corrected chi connectivity index (χ2v) is 7.90. The highest BCUT2D eigenvalue weighted by Crippen LogP contribution is 2.36. The molecule has 1 saturated heterocycles. The molecule has 2 aliphatic rings. The second kappa shape index (κ2) is 7.61. The van der Waals surface area contributed by atoms with E-state index in [1.807, 2.05) is 0 Å². The fourth-order valence-electron chi connectivity index (χ4n) is 3.85. The van der Waals surface area contributed by atoms with Crippen LogP contribution in [0.25, 0.3) is 0 Å². The zero-order valence-corrected chi connectivity index (χ0v) is 16.2. The summed E-state index contributed by atoms with van der Waals surface area (Å²) in [4.78, 5) is 51.5. The first-order valence-corrected chi connectivity index (χ1v) is 9.49. The number of amides is 5. The summed E-state index contributed by atoms with van der Waals surface area (Å²) in [7, 11) is 1.59. The minimum atomic E-state index is -0.849. The van der Waals surface area contributed by atoms with Crippen molar-refractivity contribution >= 4 is 23.8 Å². The molecule has 1 aliphatic carbocycles. The van der Waals surface area contributed by atoms with E-state index in [1.165, 1.54) is 4.90 Å². The predicted octanol–water partition coefficient (Wildman–Crippen LogP) is 1.24. The van der Waals surface area contributed by atoms with Crippen molar-refractivity contribution < 1.29 is 19.2 Å². The first-order valence-electron chi connectivity index (χ1n) is 9.49. The lowest BCUT2D eigenvalue weighted by Gasteiger charge is -2.33. The van der Waals surface area contributed by atoms with Gasteiger partial charge in [-0.1, -0.05) is 19.1 Å². The lowest BCUT2D eigenvalue weighted by molar-refractivity contribution is -0.139. The number of imide groups is 1. The average Bonchev–Trinajstić information content (AvgIpc) is 2.88. The van der Waals surface area contributed by atoms with E-state index in [1.54, 1.807) is 31.3 Å². The Morgan fingerprint density at radius 1 is 1.29 bits per heavy atom. The van der Waals surface area contributed by atoms with Crippen LogP contribution in [-0.4, -0.2) is 52.7 Å². The number of nitrogens with zero attached hydrogens (tertiary/aromatic N) is 2. The molecule has 1 heterocycles. The lowest BCUT2D eigenvalue weighted by Crippen LogP contribution is -2.50. The highest BCUT2D eigenvalue weighted by molar-refractivity contribution is 6.09. The SMILES string of the molecule is CC1CCC2(CC1)NC(=O)N(CC(=O)N(C)Cc1cccc(C(N)=O)c1)C2=O. The van der Waals surface area contributed by atoms with Crippen LogP contribution in [0, 0.1) is 5.92 Å². The number of hydrogen-bond acceptors (Lipinski definition) is 4. The molecule has 0 atom stereocenters. The normalized spacial score (nSPS) is 24.4. The molecule has 28 heavy (non-hydrogen) atoms. The number of rotatable bonds is 5. The monoisotopic (exact) mass is 386 g/mol. The maximum Gasteiger partial charge on any atom is 0.325 e. The van der Waals surface area contributed by atoms with E-state index < -0.39 is 17.5 Å². The quantitative estimate of drug-likeness (QED) is 0.741. The van der Waals surface area contributed by atoms with Gasteiger partial charge in [-0.05, 0) is 49.3 Å². The number of primary amides is 1. The molecule has 0 unspecified atom stereocenters. The van der Waals surface area contributed by atoms with E-state index in [0.29, 0.717) is 24.3 Å². The van der Waals surface area contributed by atoms with E-state index in [0.717, 1.165) is 23.3 Å². The van der Waals surface area contributed by atoms with Crippen LogP contribution in [0.2, 0.25) is 0 Å². The predicted molar refractivity (Wildman–Crippen MR) is 102 cm³/mol. The van der Waals surface area contributed by atoms with Gasteiger partial charge in [-0.3, -0.25) is 19.3 Å². The van der Waals surface area contributed by atoms with Crippen LogP contribution >= 0.6 is 0 Å². The highest BCUT2D eigenvalue weighted by atomic mass is 16.2. The Hall–Kier alpha value is -2.90. The number of urea groups is 1. The van der Waals surface area contributed by atoms with Gasteiger partial charge in [0.25, 0.3) is 5.91 Å². The summed E-state index contributed by atoms with van der Waals surface area (Å²) < 4.78 is 0. The van der Waals surface area contributed by atoms with Crippen molar-refractivity contribution in [3.63, 3.8) is 0 Å². The average molecular weight is 386 g/mol. The largest absolute Gasteiger partial charge is 0.366 e. The van der Waals surface area contributed by atoms with Crippen molar-refractivity contribution in [3.05, 3.63) is 35.4 Å². The zero-order valence-electron chi connectivity index (χ0n) is 16.2. The maximum atomic E-state index is 12.9. The Labute approximate surface area is 164 Å². The first kappa shape index (κ1) is 19.9. The summed E-state index contributed by atoms with van der Waals surface area (Å²) in [5.74, 6) is -0.661. The molecule has 5 amide bonds. The zero-order chi connectivity index (χ0) is 20.5. The number of carbonyl (C=O) groups excluding carboxylic acids is 4. The van der Waals surface area contributed by atoms with Gasteiger partial charge in [-0.25, -0.2) is 4.79 Å². The van der Waals surface area contributed by atoms with Gasteiger partial charge in [-0.15, -0.1) is 0 Å². The molecule has 3 N–H and O–H groups in total. The van der Waals surface area contributed by atoms with E-state index >= 15 is 0 Å². The summed E-state index contributed by atoms with van der Waals surface area (Å²) in [5, 5.41) is 2.82. The Morgan fingerprint density at radius 3 is 2.61 bits per heavy atom. The molecule has 1 spiro atoms. The maximum absolute atomic E-state index is 12.9. The van der Waals surface area contributed by atoms with Crippen LogP contribution in [-0.2, 0) is 16.1 Å². The molecule has 3 rings (SSSR count). The molecule has 1 aromatic rings. The minimum absolute atomic E-state index is 0.242. The molecule has 0 aromatic heterocycles. The fourth-order valence-corrected chi connectivity index (χ4v) is 3.85. The number of nitrogens with two attached hydrogens (primary N) is 1. The van der Waals surface area contributed by atoms with Crippen molar-refractivity contribution in [1.82, 2.24) is 15.1 Å². The molecule has 0 bridgehead atoms. The number of carbonyl (C=O) groups is 4. The Bertz CT molecular complexity index is 814. The van der Waals surface area contributed by atoms with Gasteiger partial charge in [0.15, 0.2) is 0 Å². The van der Waals surface area contributed by atoms with Crippen molar-refractivity contribution in [2.45, 2.75) is 44.7 Å². The van der Waals surface area contributed by atoms with Gasteiger partial charge in [-0.2, -0.15) is 0 Å². The first-order chi connectivity index (χ1) is 13.2. The van der Waals surface area contributed by atoms with Crippen LogP contribution in [0.15, 0.2) is 24.3 Å². The van der Waals surface area contributed by atoms with Gasteiger partial charge >= 0.3 is 6.03 Å². The van der Waals surface area contributed by atoms with Crippen LogP contribution in [0.4, 0.5) is 4.79 Å². The molecule has 150 valence electrons. The Kier molecular flexibility index (Phi) is 5.40. The topological polar surface area (TPSA) is 113 Å². The summed E-state index contributed by atoms with van der Waals surface area (Å²) in [6.07, 6.45) is 2.98. The van der Waals surface area contributed by atoms with Gasteiger partial charge in [0.05, 0.1) is 0 Å². The summed E-state index contributed by atoms with van der Waals surface area (Å²) in [5.41, 5.74) is 5.53. The van der Waals surface area contributed by atoms with Crippen LogP contribution in [0.1, 0.15) is 48.5 Å². The van der Waals surface area contributed by atoms with Crippen LogP contribution < -0.4 is 11.1 Å². The number of benzene rings is 1. The third kappa shape index (κ3) is 3.85. The highest BCUT2D eigenvalue weighted by Gasteiger charge is 2.52. The van der Waals surface area contributed by atoms with Gasteiger partial charge < -0.3 is 16.0 Å². The smallest absolute Gasteiger partial charge is 0.325 e. The van der Waals surface area contributed by atoms with Crippen LogP contribution in [0.5, 0.6) is 0 Å². The molecule has 1 saturated carbocycles. The summed E-state index contributed by atoms with van der Waals surface area (Å²) >= 11 is 0. The second-order valence-electron chi connectivity index (χ2n) is 7.90. The third-order valence-electron chi connectivity index (χ3n) is 5.72. The Balaban J connectivity index is 1.64. The van der Waals surface area contributed by atoms with E-state index in [2.05, 4.69) is 12.2 Å². The lowest BCUT2D eigenvalue weighted by atomic mass is 9.77. The standard InChI is InChI=1S/C20H26N4O4/c1-13-6-8-20(9-7-13)18(27)24(19(28)22-20)12-16(25)23(2)11-14-4-3-5-15(10-14)17(21)26/h3-5,10,13H,6-9,11-12H2,1-2H3,(H2,21,26)(H,22,28). The van der Waals surface area contributed by atoms with Crippen LogP contribution in [0.3, 0.4) is 0 Å². The van der Waals surface area contributed by atoms with Crippen molar-refractivity contribution in [2.75, 3.05) is 13.6 Å². The Morgan fingerprint density at radius 2 is 1.96 bits per heavy atom. The summed E-state index contributed by atoms with van der Waals surface area (Å²) in [6, 6.07) is 6.20. The molecular formula is C20H26N4O4. The molecule has 1 aliphatic heterocycles. The van der Waals surface area contributed by atoms with Crippen molar-refractivity contribution in [3.8, 4) is 0 Å². The number of likely N-dealkylation sites (N-methyl/N-ethyl adjacent to an activating group) is 1.